The number of piperidine rings is 1. The Morgan fingerprint density at radius 3 is 2.16 bits per heavy atom. The third-order valence-corrected chi connectivity index (χ3v) is 8.43. The number of pyridine rings is 1. The fourth-order valence-electron chi connectivity index (χ4n) is 4.36. The van der Waals surface area contributed by atoms with Gasteiger partial charge in [-0.3, -0.25) is 9.78 Å². The molecular formula is C23H30N4O3S. The zero-order valence-corrected chi connectivity index (χ0v) is 19.0. The van der Waals surface area contributed by atoms with E-state index in [0.717, 1.165) is 29.9 Å². The molecule has 2 aromatic rings. The maximum atomic E-state index is 13.0. The first kappa shape index (κ1) is 21.8. The predicted molar refractivity (Wildman–Crippen MR) is 120 cm³/mol. The summed E-state index contributed by atoms with van der Waals surface area (Å²) in [4.78, 5) is 21.6. The Bertz CT molecular complexity index is 1030. The molecule has 8 heteroatoms. The molecule has 0 aliphatic carbocycles. The van der Waals surface area contributed by atoms with Gasteiger partial charge in [-0.2, -0.15) is 4.31 Å². The molecule has 166 valence electrons. The van der Waals surface area contributed by atoms with E-state index < -0.39 is 10.0 Å². The summed E-state index contributed by atoms with van der Waals surface area (Å²) in [5, 5.41) is 0. The summed E-state index contributed by atoms with van der Waals surface area (Å²) in [6.07, 6.45) is 4.72. The average molecular weight is 443 g/mol. The first-order valence-corrected chi connectivity index (χ1v) is 12.3. The molecule has 0 saturated carbocycles. The lowest BCUT2D eigenvalue weighted by atomic mass is 9.96. The largest absolute Gasteiger partial charge is 0.368 e. The molecular weight excluding hydrogens is 412 g/mol. The predicted octanol–water partition coefficient (Wildman–Crippen LogP) is 2.45. The summed E-state index contributed by atoms with van der Waals surface area (Å²) in [6.45, 7) is 7.68. The summed E-state index contributed by atoms with van der Waals surface area (Å²) in [6, 6.07) is 9.25. The quantitative estimate of drug-likeness (QED) is 0.727. The van der Waals surface area contributed by atoms with Crippen molar-refractivity contribution in [2.45, 2.75) is 31.6 Å². The Morgan fingerprint density at radius 1 is 0.903 bits per heavy atom. The maximum absolute atomic E-state index is 13.0. The van der Waals surface area contributed by atoms with Crippen molar-refractivity contribution < 1.29 is 13.2 Å². The Kier molecular flexibility index (Phi) is 6.29. The fourth-order valence-corrected chi connectivity index (χ4v) is 5.92. The third-order valence-electron chi connectivity index (χ3n) is 6.54. The summed E-state index contributed by atoms with van der Waals surface area (Å²) < 4.78 is 27.6. The lowest BCUT2D eigenvalue weighted by molar-refractivity contribution is -0.137. The lowest BCUT2D eigenvalue weighted by Gasteiger charge is -2.39. The highest BCUT2D eigenvalue weighted by Gasteiger charge is 2.34. The summed E-state index contributed by atoms with van der Waals surface area (Å²) in [7, 11) is -3.52. The van der Waals surface area contributed by atoms with Gasteiger partial charge in [0.05, 0.1) is 4.90 Å². The normalized spacial score (nSPS) is 18.9. The van der Waals surface area contributed by atoms with Gasteiger partial charge in [0.15, 0.2) is 0 Å². The number of anilines is 1. The van der Waals surface area contributed by atoms with Crippen LogP contribution >= 0.6 is 0 Å². The number of sulfonamides is 1. The van der Waals surface area contributed by atoms with Gasteiger partial charge in [-0.25, -0.2) is 8.42 Å². The van der Waals surface area contributed by atoms with Gasteiger partial charge in [0.2, 0.25) is 15.9 Å². The zero-order valence-electron chi connectivity index (χ0n) is 18.2. The number of carbonyl (C=O) groups is 1. The SMILES string of the molecule is Cc1ccc(S(=O)(=O)N2CCC(C(=O)N3CCN(c4ccncc4)CC3)CC2)cc1C. The molecule has 0 radical (unpaired) electrons. The van der Waals surface area contributed by atoms with Gasteiger partial charge in [0.25, 0.3) is 0 Å². The van der Waals surface area contributed by atoms with E-state index in [1.165, 1.54) is 4.31 Å². The van der Waals surface area contributed by atoms with Crippen LogP contribution in [0.25, 0.3) is 0 Å². The number of hydrogen-bond acceptors (Lipinski definition) is 5. The highest BCUT2D eigenvalue weighted by Crippen LogP contribution is 2.27. The number of benzene rings is 1. The molecule has 0 N–H and O–H groups in total. The number of amides is 1. The van der Waals surface area contributed by atoms with Crippen molar-refractivity contribution in [3.05, 3.63) is 53.9 Å². The molecule has 1 amide bonds. The number of piperazine rings is 1. The van der Waals surface area contributed by atoms with E-state index in [9.17, 15) is 13.2 Å². The fraction of sp³-hybridized carbons (Fsp3) is 0.478. The molecule has 1 aromatic heterocycles. The topological polar surface area (TPSA) is 73.8 Å². The monoisotopic (exact) mass is 442 g/mol. The van der Waals surface area contributed by atoms with Gasteiger partial charge >= 0.3 is 0 Å². The smallest absolute Gasteiger partial charge is 0.243 e. The van der Waals surface area contributed by atoms with Crippen molar-refractivity contribution in [2.24, 2.45) is 5.92 Å². The molecule has 4 rings (SSSR count). The molecule has 2 aliphatic heterocycles. The second-order valence-electron chi connectivity index (χ2n) is 8.44. The first-order chi connectivity index (χ1) is 14.9. The van der Waals surface area contributed by atoms with Crippen LogP contribution in [0, 0.1) is 19.8 Å². The molecule has 2 aliphatic rings. The number of aryl methyl sites for hydroxylation is 2. The van der Waals surface area contributed by atoms with Crippen molar-refractivity contribution in [2.75, 3.05) is 44.2 Å². The minimum atomic E-state index is -3.52. The molecule has 31 heavy (non-hydrogen) atoms. The van der Waals surface area contributed by atoms with E-state index in [0.29, 0.717) is 43.9 Å². The van der Waals surface area contributed by atoms with Crippen LogP contribution in [-0.2, 0) is 14.8 Å². The molecule has 0 bridgehead atoms. The zero-order chi connectivity index (χ0) is 22.0. The van der Waals surface area contributed by atoms with Crippen LogP contribution in [-0.4, -0.2) is 67.8 Å². The van der Waals surface area contributed by atoms with Gasteiger partial charge in [-0.05, 0) is 62.1 Å². The van der Waals surface area contributed by atoms with Crippen LogP contribution in [0.15, 0.2) is 47.6 Å². The highest BCUT2D eigenvalue weighted by atomic mass is 32.2. The third kappa shape index (κ3) is 4.60. The second-order valence-corrected chi connectivity index (χ2v) is 10.4. The van der Waals surface area contributed by atoms with Gasteiger partial charge in [-0.1, -0.05) is 6.07 Å². The van der Waals surface area contributed by atoms with Gasteiger partial charge in [-0.15, -0.1) is 0 Å². The number of hydrogen-bond donors (Lipinski definition) is 0. The van der Waals surface area contributed by atoms with E-state index in [1.54, 1.807) is 24.5 Å². The van der Waals surface area contributed by atoms with Crippen molar-refractivity contribution in [3.63, 3.8) is 0 Å². The number of rotatable bonds is 4. The molecule has 2 saturated heterocycles. The Balaban J connectivity index is 1.32. The highest BCUT2D eigenvalue weighted by molar-refractivity contribution is 7.89. The summed E-state index contributed by atoms with van der Waals surface area (Å²) in [5.41, 5.74) is 3.18. The van der Waals surface area contributed by atoms with Crippen LogP contribution < -0.4 is 4.90 Å². The van der Waals surface area contributed by atoms with Crippen LogP contribution in [0.5, 0.6) is 0 Å². The minimum absolute atomic E-state index is 0.0984. The summed E-state index contributed by atoms with van der Waals surface area (Å²) in [5.74, 6) is 0.0660. The van der Waals surface area contributed by atoms with E-state index in [1.807, 2.05) is 36.9 Å². The van der Waals surface area contributed by atoms with Crippen molar-refractivity contribution in [1.29, 1.82) is 0 Å². The molecule has 0 atom stereocenters. The van der Waals surface area contributed by atoms with E-state index >= 15 is 0 Å². The van der Waals surface area contributed by atoms with Crippen molar-refractivity contribution >= 4 is 21.6 Å². The van der Waals surface area contributed by atoms with Crippen LogP contribution in [0.4, 0.5) is 5.69 Å². The van der Waals surface area contributed by atoms with Crippen LogP contribution in [0.1, 0.15) is 24.0 Å². The average Bonchev–Trinajstić information content (AvgIpc) is 2.81. The molecule has 0 unspecified atom stereocenters. The Labute approximate surface area is 184 Å². The molecule has 3 heterocycles. The lowest BCUT2D eigenvalue weighted by Crippen LogP contribution is -2.52. The Hall–Kier alpha value is -2.45. The first-order valence-electron chi connectivity index (χ1n) is 10.9. The molecule has 7 nitrogen and oxygen atoms in total. The second kappa shape index (κ2) is 8.96. The number of nitrogens with zero attached hydrogens (tertiary/aromatic N) is 4. The number of carbonyl (C=O) groups excluding carboxylic acids is 1. The van der Waals surface area contributed by atoms with E-state index in [4.69, 9.17) is 0 Å². The molecule has 2 fully saturated rings. The summed E-state index contributed by atoms with van der Waals surface area (Å²) >= 11 is 0. The van der Waals surface area contributed by atoms with Crippen LogP contribution in [0.2, 0.25) is 0 Å². The minimum Gasteiger partial charge on any atom is -0.368 e. The van der Waals surface area contributed by atoms with Crippen molar-refractivity contribution in [1.82, 2.24) is 14.2 Å². The maximum Gasteiger partial charge on any atom is 0.243 e. The molecule has 1 aromatic carbocycles. The standard InChI is InChI=1S/C23H30N4O3S/c1-18-3-4-22(17-19(18)2)31(29,30)27-11-7-20(8-12-27)23(28)26-15-13-25(14-16-26)21-5-9-24-10-6-21/h3-6,9-10,17,20H,7-8,11-16H2,1-2H3. The van der Waals surface area contributed by atoms with Crippen molar-refractivity contribution in [3.8, 4) is 0 Å². The van der Waals surface area contributed by atoms with Crippen LogP contribution in [0.3, 0.4) is 0 Å². The molecule has 0 spiro atoms. The van der Waals surface area contributed by atoms with E-state index in [2.05, 4.69) is 9.88 Å². The van der Waals surface area contributed by atoms with Gasteiger partial charge in [0, 0.05) is 63.3 Å². The Morgan fingerprint density at radius 2 is 1.55 bits per heavy atom. The van der Waals surface area contributed by atoms with E-state index in [-0.39, 0.29) is 11.8 Å². The number of aromatic nitrogens is 1. The van der Waals surface area contributed by atoms with Gasteiger partial charge < -0.3 is 9.80 Å². The van der Waals surface area contributed by atoms with Gasteiger partial charge in [0.1, 0.15) is 0 Å².